The highest BCUT2D eigenvalue weighted by Crippen LogP contribution is 2.39. The Balaban J connectivity index is 1.71. The molecule has 5 heteroatoms. The number of fused-ring (bicyclic) bond motifs is 1. The molecule has 2 aromatic rings. The van der Waals surface area contributed by atoms with Crippen LogP contribution in [-0.2, 0) is 4.79 Å². The molecule has 120 valence electrons. The van der Waals surface area contributed by atoms with Crippen LogP contribution in [0.4, 0.5) is 15.8 Å². The van der Waals surface area contributed by atoms with Crippen LogP contribution in [0.25, 0.3) is 0 Å². The summed E-state index contributed by atoms with van der Waals surface area (Å²) < 4.78 is 12.9. The maximum atomic E-state index is 12.9. The van der Waals surface area contributed by atoms with Gasteiger partial charge in [-0.3, -0.25) is 4.79 Å². The number of rotatable bonds is 4. The fourth-order valence-electron chi connectivity index (χ4n) is 2.65. The lowest BCUT2D eigenvalue weighted by atomic mass is 10.2. The van der Waals surface area contributed by atoms with Crippen LogP contribution in [0, 0.1) is 5.82 Å². The summed E-state index contributed by atoms with van der Waals surface area (Å²) in [4.78, 5) is 15.7. The highest BCUT2D eigenvalue weighted by Gasteiger charge is 2.25. The molecule has 1 heterocycles. The molecule has 0 radical (unpaired) electrons. The van der Waals surface area contributed by atoms with Crippen molar-refractivity contribution in [3.63, 3.8) is 0 Å². The van der Waals surface area contributed by atoms with Crippen LogP contribution >= 0.6 is 11.8 Å². The van der Waals surface area contributed by atoms with Crippen LogP contribution in [0.3, 0.4) is 0 Å². The van der Waals surface area contributed by atoms with E-state index in [0.717, 1.165) is 18.7 Å². The van der Waals surface area contributed by atoms with E-state index in [0.29, 0.717) is 17.5 Å². The molecule has 23 heavy (non-hydrogen) atoms. The van der Waals surface area contributed by atoms with Crippen molar-refractivity contribution in [2.45, 2.75) is 23.5 Å². The molecule has 1 amide bonds. The van der Waals surface area contributed by atoms with E-state index in [1.54, 1.807) is 12.1 Å². The van der Waals surface area contributed by atoms with Crippen molar-refractivity contribution in [2.75, 3.05) is 23.3 Å². The van der Waals surface area contributed by atoms with Crippen molar-refractivity contribution in [3.05, 3.63) is 54.3 Å². The lowest BCUT2D eigenvalue weighted by Gasteiger charge is -2.34. The van der Waals surface area contributed by atoms with Gasteiger partial charge in [-0.2, -0.15) is 0 Å². The number of para-hydroxylation sites is 1. The second-order valence-electron chi connectivity index (χ2n) is 5.55. The van der Waals surface area contributed by atoms with Gasteiger partial charge in [0.05, 0.1) is 12.2 Å². The van der Waals surface area contributed by atoms with Crippen LogP contribution in [0.1, 0.15) is 13.3 Å². The highest BCUT2D eigenvalue weighted by molar-refractivity contribution is 8.00. The predicted molar refractivity (Wildman–Crippen MR) is 93.6 cm³/mol. The summed E-state index contributed by atoms with van der Waals surface area (Å²) in [7, 11) is 0. The molecule has 0 aromatic heterocycles. The van der Waals surface area contributed by atoms with Gasteiger partial charge in [-0.1, -0.05) is 19.1 Å². The third kappa shape index (κ3) is 3.85. The summed E-state index contributed by atoms with van der Waals surface area (Å²) in [5.41, 5.74) is 1.72. The van der Waals surface area contributed by atoms with Crippen molar-refractivity contribution in [3.8, 4) is 0 Å². The average Bonchev–Trinajstić information content (AvgIpc) is 2.56. The Hall–Kier alpha value is -2.01. The fraction of sp³-hybridized carbons (Fsp3) is 0.278. The molecular weight excluding hydrogens is 311 g/mol. The molecule has 0 fully saturated rings. The molecular formula is C18H19FN2OS. The number of thioether (sulfide) groups is 1. The van der Waals surface area contributed by atoms with E-state index < -0.39 is 0 Å². The van der Waals surface area contributed by atoms with E-state index in [1.165, 1.54) is 17.0 Å². The van der Waals surface area contributed by atoms with Crippen molar-refractivity contribution >= 4 is 29.0 Å². The smallest absolute Gasteiger partial charge is 0.243 e. The van der Waals surface area contributed by atoms with Gasteiger partial charge in [-0.15, -0.1) is 11.8 Å². The first-order valence-corrected chi connectivity index (χ1v) is 8.59. The normalized spacial score (nSPS) is 16.8. The van der Waals surface area contributed by atoms with Crippen molar-refractivity contribution < 1.29 is 9.18 Å². The molecule has 0 saturated carbocycles. The number of halogens is 1. The molecule has 0 bridgehead atoms. The number of carbonyl (C=O) groups excluding carboxylic acids is 1. The molecule has 1 unspecified atom stereocenters. The standard InChI is InChI=1S/C18H19FN2OS/c1-2-15-11-21(16-5-3-4-6-17(16)23-15)12-18(22)20-14-9-7-13(19)8-10-14/h3-10,15H,2,11-12H2,1H3,(H,20,22). The van der Waals surface area contributed by atoms with Gasteiger partial charge in [0.15, 0.2) is 0 Å². The second-order valence-corrected chi connectivity index (χ2v) is 6.89. The largest absolute Gasteiger partial charge is 0.360 e. The maximum absolute atomic E-state index is 12.9. The van der Waals surface area contributed by atoms with Crippen molar-refractivity contribution in [2.24, 2.45) is 0 Å². The zero-order valence-electron chi connectivity index (χ0n) is 13.0. The Morgan fingerprint density at radius 2 is 2.00 bits per heavy atom. The number of anilines is 2. The SMILES string of the molecule is CCC1CN(CC(=O)Nc2ccc(F)cc2)c2ccccc2S1. The minimum absolute atomic E-state index is 0.0897. The molecule has 1 N–H and O–H groups in total. The maximum Gasteiger partial charge on any atom is 0.243 e. The number of benzene rings is 2. The van der Waals surface area contributed by atoms with Crippen molar-refractivity contribution in [1.29, 1.82) is 0 Å². The van der Waals surface area contributed by atoms with E-state index in [4.69, 9.17) is 0 Å². The van der Waals surface area contributed by atoms with Gasteiger partial charge in [0.25, 0.3) is 0 Å². The second kappa shape index (κ2) is 7.04. The molecule has 3 nitrogen and oxygen atoms in total. The number of hydrogen-bond donors (Lipinski definition) is 1. The minimum atomic E-state index is -0.309. The summed E-state index contributed by atoms with van der Waals surface area (Å²) in [6.45, 7) is 3.32. The van der Waals surface area contributed by atoms with Gasteiger partial charge < -0.3 is 10.2 Å². The van der Waals surface area contributed by atoms with Gasteiger partial charge in [0, 0.05) is 22.4 Å². The van der Waals surface area contributed by atoms with Crippen LogP contribution in [-0.4, -0.2) is 24.2 Å². The first-order chi connectivity index (χ1) is 11.2. The number of hydrogen-bond acceptors (Lipinski definition) is 3. The minimum Gasteiger partial charge on any atom is -0.360 e. The Morgan fingerprint density at radius 3 is 2.74 bits per heavy atom. The van der Waals surface area contributed by atoms with Crippen LogP contribution in [0.2, 0.25) is 0 Å². The fourth-order valence-corrected chi connectivity index (χ4v) is 3.90. The molecule has 2 aromatic carbocycles. The quantitative estimate of drug-likeness (QED) is 0.914. The molecule has 0 aliphatic carbocycles. The molecule has 3 rings (SSSR count). The molecule has 0 spiro atoms. The summed E-state index contributed by atoms with van der Waals surface area (Å²) in [6.07, 6.45) is 1.06. The Morgan fingerprint density at radius 1 is 1.26 bits per heavy atom. The third-order valence-corrected chi connectivity index (χ3v) is 5.26. The highest BCUT2D eigenvalue weighted by atomic mass is 32.2. The van der Waals surface area contributed by atoms with Crippen LogP contribution < -0.4 is 10.2 Å². The van der Waals surface area contributed by atoms with Crippen molar-refractivity contribution in [1.82, 2.24) is 0 Å². The van der Waals surface area contributed by atoms with E-state index in [-0.39, 0.29) is 11.7 Å². The van der Waals surface area contributed by atoms with E-state index in [9.17, 15) is 9.18 Å². The first-order valence-electron chi connectivity index (χ1n) is 7.71. The number of amides is 1. The van der Waals surface area contributed by atoms with Gasteiger partial charge in [0.1, 0.15) is 5.82 Å². The lowest BCUT2D eigenvalue weighted by Crippen LogP contribution is -2.40. The zero-order valence-corrected chi connectivity index (χ0v) is 13.8. The number of carbonyl (C=O) groups is 1. The lowest BCUT2D eigenvalue weighted by molar-refractivity contribution is -0.115. The Labute approximate surface area is 139 Å². The molecule has 0 saturated heterocycles. The predicted octanol–water partition coefficient (Wildman–Crippen LogP) is 4.16. The molecule has 1 atom stereocenters. The van der Waals surface area contributed by atoms with Crippen LogP contribution in [0.15, 0.2) is 53.4 Å². The Bertz CT molecular complexity index is 690. The molecule has 1 aliphatic rings. The summed E-state index contributed by atoms with van der Waals surface area (Å²) in [5.74, 6) is -0.399. The van der Waals surface area contributed by atoms with Gasteiger partial charge in [-0.05, 0) is 42.8 Å². The first kappa shape index (κ1) is 15.9. The summed E-state index contributed by atoms with van der Waals surface area (Å²) >= 11 is 1.88. The number of nitrogens with one attached hydrogen (secondary N) is 1. The van der Waals surface area contributed by atoms with E-state index >= 15 is 0 Å². The third-order valence-electron chi connectivity index (χ3n) is 3.84. The van der Waals surface area contributed by atoms with E-state index in [1.807, 2.05) is 23.9 Å². The average molecular weight is 330 g/mol. The van der Waals surface area contributed by atoms with Gasteiger partial charge >= 0.3 is 0 Å². The Kier molecular flexibility index (Phi) is 4.86. The van der Waals surface area contributed by atoms with Gasteiger partial charge in [0.2, 0.25) is 5.91 Å². The topological polar surface area (TPSA) is 32.3 Å². The monoisotopic (exact) mass is 330 g/mol. The summed E-state index contributed by atoms with van der Waals surface area (Å²) in [5, 5.41) is 3.32. The zero-order chi connectivity index (χ0) is 16.2. The van der Waals surface area contributed by atoms with Crippen LogP contribution in [0.5, 0.6) is 0 Å². The van der Waals surface area contributed by atoms with E-state index in [2.05, 4.69) is 29.3 Å². The van der Waals surface area contributed by atoms with Gasteiger partial charge in [-0.25, -0.2) is 4.39 Å². The summed E-state index contributed by atoms with van der Waals surface area (Å²) in [6, 6.07) is 14.0. The number of nitrogens with zero attached hydrogens (tertiary/aromatic N) is 1. The molecule has 1 aliphatic heterocycles.